The SMILES string of the molecule is CCC1(CC)CCN(C(=O)C2NCCCC2(C)C)CC1. The third-order valence-electron chi connectivity index (χ3n) is 6.01. The maximum Gasteiger partial charge on any atom is 0.240 e. The third-order valence-corrected chi connectivity index (χ3v) is 6.01. The number of nitrogens with zero attached hydrogens (tertiary/aromatic N) is 1. The monoisotopic (exact) mass is 280 g/mol. The van der Waals surface area contributed by atoms with Crippen molar-refractivity contribution >= 4 is 5.91 Å². The quantitative estimate of drug-likeness (QED) is 0.861. The van der Waals surface area contributed by atoms with E-state index in [0.717, 1.165) is 26.1 Å². The zero-order valence-electron chi connectivity index (χ0n) is 13.8. The minimum Gasteiger partial charge on any atom is -0.341 e. The molecule has 1 amide bonds. The molecule has 2 heterocycles. The van der Waals surface area contributed by atoms with Crippen LogP contribution in [0.15, 0.2) is 0 Å². The van der Waals surface area contributed by atoms with Gasteiger partial charge in [0.05, 0.1) is 6.04 Å². The van der Waals surface area contributed by atoms with Gasteiger partial charge in [-0.2, -0.15) is 0 Å². The van der Waals surface area contributed by atoms with Crippen LogP contribution < -0.4 is 5.32 Å². The van der Waals surface area contributed by atoms with Crippen molar-refractivity contribution in [2.45, 2.75) is 72.3 Å². The highest BCUT2D eigenvalue weighted by atomic mass is 16.2. The van der Waals surface area contributed by atoms with E-state index in [4.69, 9.17) is 0 Å². The summed E-state index contributed by atoms with van der Waals surface area (Å²) in [6, 6.07) is 0.0204. The number of piperidine rings is 2. The summed E-state index contributed by atoms with van der Waals surface area (Å²) in [4.78, 5) is 14.9. The van der Waals surface area contributed by atoms with Gasteiger partial charge in [0.1, 0.15) is 0 Å². The van der Waals surface area contributed by atoms with Gasteiger partial charge in [-0.25, -0.2) is 0 Å². The molecule has 2 aliphatic rings. The fourth-order valence-corrected chi connectivity index (χ4v) is 3.97. The number of rotatable bonds is 3. The molecule has 3 heteroatoms. The number of likely N-dealkylation sites (tertiary alicyclic amines) is 1. The van der Waals surface area contributed by atoms with E-state index >= 15 is 0 Å². The Morgan fingerprint density at radius 3 is 2.25 bits per heavy atom. The maximum atomic E-state index is 12.8. The first kappa shape index (κ1) is 15.8. The van der Waals surface area contributed by atoms with E-state index in [1.807, 2.05) is 0 Å². The molecule has 20 heavy (non-hydrogen) atoms. The molecule has 1 atom stereocenters. The first-order chi connectivity index (χ1) is 9.44. The van der Waals surface area contributed by atoms with Crippen LogP contribution in [0.3, 0.4) is 0 Å². The van der Waals surface area contributed by atoms with Crippen molar-refractivity contribution in [1.82, 2.24) is 10.2 Å². The molecule has 1 N–H and O–H groups in total. The average molecular weight is 280 g/mol. The molecule has 0 radical (unpaired) electrons. The van der Waals surface area contributed by atoms with Crippen LogP contribution in [0.1, 0.15) is 66.2 Å². The second-order valence-corrected chi connectivity index (χ2v) is 7.51. The fraction of sp³-hybridized carbons (Fsp3) is 0.941. The van der Waals surface area contributed by atoms with Gasteiger partial charge in [0.25, 0.3) is 0 Å². The minimum atomic E-state index is 0.0204. The van der Waals surface area contributed by atoms with Gasteiger partial charge < -0.3 is 10.2 Å². The molecule has 0 spiro atoms. The summed E-state index contributed by atoms with van der Waals surface area (Å²) in [5.74, 6) is 0.343. The van der Waals surface area contributed by atoms with Crippen molar-refractivity contribution in [3.05, 3.63) is 0 Å². The lowest BCUT2D eigenvalue weighted by atomic mass is 9.73. The Morgan fingerprint density at radius 2 is 1.75 bits per heavy atom. The molecule has 0 aromatic heterocycles. The van der Waals surface area contributed by atoms with Crippen LogP contribution in [-0.4, -0.2) is 36.5 Å². The van der Waals surface area contributed by atoms with Crippen LogP contribution in [-0.2, 0) is 4.79 Å². The Balaban J connectivity index is 1.98. The third kappa shape index (κ3) is 3.03. The smallest absolute Gasteiger partial charge is 0.240 e. The Labute approximate surface area is 124 Å². The highest BCUT2D eigenvalue weighted by Crippen LogP contribution is 2.39. The van der Waals surface area contributed by atoms with Crippen LogP contribution in [0.4, 0.5) is 0 Å². The molecule has 2 fully saturated rings. The summed E-state index contributed by atoms with van der Waals surface area (Å²) < 4.78 is 0. The lowest BCUT2D eigenvalue weighted by Gasteiger charge is -2.45. The van der Waals surface area contributed by atoms with Gasteiger partial charge in [0.15, 0.2) is 0 Å². The molecule has 2 rings (SSSR count). The maximum absolute atomic E-state index is 12.8. The Bertz CT molecular complexity index is 337. The minimum absolute atomic E-state index is 0.0204. The van der Waals surface area contributed by atoms with Crippen molar-refractivity contribution in [3.8, 4) is 0 Å². The molecule has 0 saturated carbocycles. The first-order valence-corrected chi connectivity index (χ1v) is 8.46. The predicted molar refractivity (Wildman–Crippen MR) is 83.6 cm³/mol. The van der Waals surface area contributed by atoms with Crippen molar-refractivity contribution in [2.24, 2.45) is 10.8 Å². The van der Waals surface area contributed by atoms with Gasteiger partial charge in [0, 0.05) is 13.1 Å². The highest BCUT2D eigenvalue weighted by Gasteiger charge is 2.41. The molecule has 0 aliphatic carbocycles. The van der Waals surface area contributed by atoms with Crippen LogP contribution >= 0.6 is 0 Å². The summed E-state index contributed by atoms with van der Waals surface area (Å²) >= 11 is 0. The molecular weight excluding hydrogens is 248 g/mol. The molecule has 116 valence electrons. The topological polar surface area (TPSA) is 32.3 Å². The van der Waals surface area contributed by atoms with Crippen molar-refractivity contribution in [2.75, 3.05) is 19.6 Å². The molecule has 1 unspecified atom stereocenters. The molecular formula is C17H32N2O. The van der Waals surface area contributed by atoms with E-state index in [-0.39, 0.29) is 11.5 Å². The zero-order valence-corrected chi connectivity index (χ0v) is 13.8. The average Bonchev–Trinajstić information content (AvgIpc) is 2.46. The molecule has 2 aliphatic heterocycles. The van der Waals surface area contributed by atoms with Gasteiger partial charge in [-0.1, -0.05) is 40.5 Å². The standard InChI is InChI=1S/C17H32N2O/c1-5-17(6-2)9-12-19(13-10-17)15(20)14-16(3,4)8-7-11-18-14/h14,18H,5-13H2,1-4H3. The largest absolute Gasteiger partial charge is 0.341 e. The summed E-state index contributed by atoms with van der Waals surface area (Å²) in [5.41, 5.74) is 0.589. The Hall–Kier alpha value is -0.570. The zero-order chi connectivity index (χ0) is 14.8. The van der Waals surface area contributed by atoms with E-state index < -0.39 is 0 Å². The number of carbonyl (C=O) groups is 1. The number of hydrogen-bond donors (Lipinski definition) is 1. The van der Waals surface area contributed by atoms with Crippen molar-refractivity contribution in [3.63, 3.8) is 0 Å². The fourth-order valence-electron chi connectivity index (χ4n) is 3.97. The van der Waals surface area contributed by atoms with Crippen LogP contribution in [0.25, 0.3) is 0 Å². The van der Waals surface area contributed by atoms with Gasteiger partial charge in [-0.15, -0.1) is 0 Å². The van der Waals surface area contributed by atoms with Crippen molar-refractivity contribution < 1.29 is 4.79 Å². The van der Waals surface area contributed by atoms with E-state index in [9.17, 15) is 4.79 Å². The van der Waals surface area contributed by atoms with E-state index in [0.29, 0.717) is 11.3 Å². The number of carbonyl (C=O) groups excluding carboxylic acids is 1. The van der Waals surface area contributed by atoms with Gasteiger partial charge in [-0.05, 0) is 43.1 Å². The Morgan fingerprint density at radius 1 is 1.15 bits per heavy atom. The summed E-state index contributed by atoms with van der Waals surface area (Å²) in [6.45, 7) is 12.0. The van der Waals surface area contributed by atoms with E-state index in [1.165, 1.54) is 32.1 Å². The molecule has 3 nitrogen and oxygen atoms in total. The molecule has 0 aromatic rings. The number of hydrogen-bond acceptors (Lipinski definition) is 2. The number of nitrogens with one attached hydrogen (secondary N) is 1. The van der Waals surface area contributed by atoms with E-state index in [2.05, 4.69) is 37.9 Å². The second kappa shape index (κ2) is 6.05. The second-order valence-electron chi connectivity index (χ2n) is 7.51. The number of amides is 1. The predicted octanol–water partition coefficient (Wildman–Crippen LogP) is 3.19. The van der Waals surface area contributed by atoms with E-state index in [1.54, 1.807) is 0 Å². The highest BCUT2D eigenvalue weighted by molar-refractivity contribution is 5.83. The lowest BCUT2D eigenvalue weighted by Crippen LogP contribution is -2.58. The van der Waals surface area contributed by atoms with Crippen LogP contribution in [0, 0.1) is 10.8 Å². The van der Waals surface area contributed by atoms with Gasteiger partial charge in [0.2, 0.25) is 5.91 Å². The first-order valence-electron chi connectivity index (χ1n) is 8.46. The van der Waals surface area contributed by atoms with Crippen molar-refractivity contribution in [1.29, 1.82) is 0 Å². The summed E-state index contributed by atoms with van der Waals surface area (Å²) in [5, 5.41) is 3.46. The Kier molecular flexibility index (Phi) is 4.78. The van der Waals surface area contributed by atoms with Gasteiger partial charge in [-0.3, -0.25) is 4.79 Å². The lowest BCUT2D eigenvalue weighted by molar-refractivity contribution is -0.139. The van der Waals surface area contributed by atoms with Crippen LogP contribution in [0.5, 0.6) is 0 Å². The summed E-state index contributed by atoms with van der Waals surface area (Å²) in [7, 11) is 0. The normalized spacial score (nSPS) is 29.2. The molecule has 2 saturated heterocycles. The molecule has 0 aromatic carbocycles. The molecule has 0 bridgehead atoms. The van der Waals surface area contributed by atoms with Gasteiger partial charge >= 0.3 is 0 Å². The summed E-state index contributed by atoms with van der Waals surface area (Å²) in [6.07, 6.45) is 7.19. The van der Waals surface area contributed by atoms with Crippen LogP contribution in [0.2, 0.25) is 0 Å².